The lowest BCUT2D eigenvalue weighted by Crippen LogP contribution is -2.27. The van der Waals surface area contributed by atoms with Crippen molar-refractivity contribution in [2.45, 2.75) is 40.0 Å². The summed E-state index contributed by atoms with van der Waals surface area (Å²) < 4.78 is 23.6. The number of carbonyl (C=O) groups excluding carboxylic acids is 2. The highest BCUT2D eigenvalue weighted by molar-refractivity contribution is 7.92. The van der Waals surface area contributed by atoms with Crippen LogP contribution in [0, 0.1) is 11.3 Å². The summed E-state index contributed by atoms with van der Waals surface area (Å²) in [5.74, 6) is -1.70. The number of thiophene rings is 1. The van der Waals surface area contributed by atoms with Gasteiger partial charge in [0, 0.05) is 4.88 Å². The zero-order chi connectivity index (χ0) is 19.7. The Morgan fingerprint density at radius 1 is 1.38 bits per heavy atom. The summed E-state index contributed by atoms with van der Waals surface area (Å²) in [7, 11) is -3.56. The molecule has 3 N–H and O–H groups in total. The number of rotatable bonds is 6. The fourth-order valence-electron chi connectivity index (χ4n) is 3.27. The van der Waals surface area contributed by atoms with E-state index in [2.05, 4.69) is 32.7 Å². The van der Waals surface area contributed by atoms with Gasteiger partial charge in [-0.05, 0) is 36.2 Å². The first-order chi connectivity index (χ1) is 11.9. The van der Waals surface area contributed by atoms with Crippen LogP contribution in [0.4, 0.5) is 5.00 Å². The molecule has 1 aromatic rings. The van der Waals surface area contributed by atoms with Crippen molar-refractivity contribution in [1.29, 1.82) is 0 Å². The van der Waals surface area contributed by atoms with E-state index in [-0.39, 0.29) is 11.2 Å². The molecule has 0 aliphatic heterocycles. The van der Waals surface area contributed by atoms with Crippen molar-refractivity contribution >= 4 is 38.0 Å². The summed E-state index contributed by atoms with van der Waals surface area (Å²) in [4.78, 5) is 25.1. The molecule has 0 bridgehead atoms. The van der Waals surface area contributed by atoms with Crippen LogP contribution in [0.3, 0.4) is 0 Å². The van der Waals surface area contributed by atoms with Crippen molar-refractivity contribution < 1.29 is 18.0 Å². The highest BCUT2D eigenvalue weighted by Crippen LogP contribution is 2.44. The standard InChI is InChI=1S/C18H26N2O4S2/c1-5-8-26(23,24)10-14(21)20-17-15(16(19)22)12-7-6-11(18(2,3)4)9-13(12)25-17/h5,11H,1,6-10H2,2-4H3,(H2,19,22)(H,20,21). The maximum atomic E-state index is 12.1. The van der Waals surface area contributed by atoms with E-state index in [9.17, 15) is 18.0 Å². The molecule has 26 heavy (non-hydrogen) atoms. The molecule has 0 aromatic carbocycles. The Hall–Kier alpha value is -1.67. The van der Waals surface area contributed by atoms with E-state index in [1.165, 1.54) is 17.4 Å². The maximum absolute atomic E-state index is 12.1. The maximum Gasteiger partial charge on any atom is 0.251 e. The van der Waals surface area contributed by atoms with Crippen LogP contribution in [-0.2, 0) is 27.5 Å². The Morgan fingerprint density at radius 2 is 2.04 bits per heavy atom. The lowest BCUT2D eigenvalue weighted by molar-refractivity contribution is -0.113. The smallest absolute Gasteiger partial charge is 0.251 e. The Kier molecular flexibility index (Phi) is 5.97. The molecular weight excluding hydrogens is 372 g/mol. The van der Waals surface area contributed by atoms with Crippen molar-refractivity contribution in [2.24, 2.45) is 17.1 Å². The van der Waals surface area contributed by atoms with Gasteiger partial charge in [0.15, 0.2) is 9.84 Å². The predicted molar refractivity (Wildman–Crippen MR) is 105 cm³/mol. The van der Waals surface area contributed by atoms with Crippen LogP contribution in [0.2, 0.25) is 0 Å². The second-order valence-corrected chi connectivity index (χ2v) is 11.0. The van der Waals surface area contributed by atoms with Gasteiger partial charge in [-0.25, -0.2) is 8.42 Å². The van der Waals surface area contributed by atoms with Gasteiger partial charge >= 0.3 is 0 Å². The van der Waals surface area contributed by atoms with Gasteiger partial charge in [-0.2, -0.15) is 0 Å². The third-order valence-corrected chi connectivity index (χ3v) is 7.33. The van der Waals surface area contributed by atoms with Gasteiger partial charge < -0.3 is 11.1 Å². The van der Waals surface area contributed by atoms with Crippen molar-refractivity contribution in [2.75, 3.05) is 16.8 Å². The number of carbonyl (C=O) groups is 2. The molecule has 1 atom stereocenters. The summed E-state index contributed by atoms with van der Waals surface area (Å²) in [5, 5.41) is 2.94. The zero-order valence-electron chi connectivity index (χ0n) is 15.4. The van der Waals surface area contributed by atoms with Gasteiger partial charge in [0.1, 0.15) is 10.8 Å². The van der Waals surface area contributed by atoms with Gasteiger partial charge in [-0.3, -0.25) is 9.59 Å². The van der Waals surface area contributed by atoms with E-state index in [0.717, 1.165) is 29.7 Å². The quantitative estimate of drug-likeness (QED) is 0.718. The molecule has 1 aliphatic carbocycles. The van der Waals surface area contributed by atoms with Crippen LogP contribution in [-0.4, -0.2) is 31.7 Å². The van der Waals surface area contributed by atoms with E-state index in [1.54, 1.807) is 0 Å². The van der Waals surface area contributed by atoms with E-state index >= 15 is 0 Å². The Bertz CT molecular complexity index is 832. The topological polar surface area (TPSA) is 106 Å². The van der Waals surface area contributed by atoms with Crippen LogP contribution in [0.15, 0.2) is 12.7 Å². The largest absolute Gasteiger partial charge is 0.365 e. The first kappa shape index (κ1) is 20.6. The number of nitrogens with two attached hydrogens (primary N) is 1. The molecule has 2 rings (SSSR count). The molecule has 8 heteroatoms. The van der Waals surface area contributed by atoms with Crippen LogP contribution in [0.1, 0.15) is 48.0 Å². The summed E-state index contributed by atoms with van der Waals surface area (Å²) in [6.07, 6.45) is 3.76. The average Bonchev–Trinajstić information content (AvgIpc) is 2.81. The summed E-state index contributed by atoms with van der Waals surface area (Å²) in [5.41, 5.74) is 6.91. The molecule has 6 nitrogen and oxygen atoms in total. The van der Waals surface area contributed by atoms with E-state index < -0.39 is 27.4 Å². The van der Waals surface area contributed by atoms with E-state index in [4.69, 9.17) is 5.73 Å². The van der Waals surface area contributed by atoms with Gasteiger partial charge in [-0.1, -0.05) is 26.8 Å². The molecule has 2 amide bonds. The second kappa shape index (κ2) is 7.52. The molecular formula is C18H26N2O4S2. The minimum atomic E-state index is -3.56. The summed E-state index contributed by atoms with van der Waals surface area (Å²) >= 11 is 1.33. The summed E-state index contributed by atoms with van der Waals surface area (Å²) in [6.45, 7) is 9.95. The molecule has 0 radical (unpaired) electrons. The molecule has 0 fully saturated rings. The second-order valence-electron chi connectivity index (χ2n) is 7.77. The number of sulfone groups is 1. The Balaban J connectivity index is 2.28. The average molecular weight is 399 g/mol. The van der Waals surface area contributed by atoms with Crippen molar-refractivity contribution in [3.63, 3.8) is 0 Å². The number of hydrogen-bond acceptors (Lipinski definition) is 5. The predicted octanol–water partition coefficient (Wildman–Crippen LogP) is 2.54. The lowest BCUT2D eigenvalue weighted by Gasteiger charge is -2.33. The SMILES string of the molecule is C=CCS(=O)(=O)CC(=O)Nc1sc2c(c1C(N)=O)CCC(C(C)(C)C)C2. The normalized spacial score (nSPS) is 17.4. The highest BCUT2D eigenvalue weighted by atomic mass is 32.2. The number of primary amides is 1. The van der Waals surface area contributed by atoms with Gasteiger partial charge in [0.05, 0.1) is 11.3 Å². The molecule has 0 saturated carbocycles. The molecule has 0 spiro atoms. The van der Waals surface area contributed by atoms with E-state index in [1.807, 2.05) is 0 Å². The number of fused-ring (bicyclic) bond motifs is 1. The molecule has 1 aliphatic rings. The Morgan fingerprint density at radius 3 is 2.58 bits per heavy atom. The van der Waals surface area contributed by atoms with Crippen molar-refractivity contribution in [3.8, 4) is 0 Å². The van der Waals surface area contributed by atoms with Gasteiger partial charge in [0.25, 0.3) is 5.91 Å². The van der Waals surface area contributed by atoms with Gasteiger partial charge in [-0.15, -0.1) is 17.9 Å². The highest BCUT2D eigenvalue weighted by Gasteiger charge is 2.33. The minimum absolute atomic E-state index is 0.150. The number of hydrogen-bond donors (Lipinski definition) is 2. The fraction of sp³-hybridized carbons (Fsp3) is 0.556. The lowest BCUT2D eigenvalue weighted by atomic mass is 9.72. The molecule has 1 aromatic heterocycles. The third kappa shape index (κ3) is 4.73. The monoisotopic (exact) mass is 398 g/mol. The van der Waals surface area contributed by atoms with Crippen molar-refractivity contribution in [3.05, 3.63) is 28.7 Å². The number of anilines is 1. The molecule has 1 heterocycles. The number of amides is 2. The first-order valence-electron chi connectivity index (χ1n) is 8.50. The zero-order valence-corrected chi connectivity index (χ0v) is 17.1. The summed E-state index contributed by atoms with van der Waals surface area (Å²) in [6, 6.07) is 0. The molecule has 1 unspecified atom stereocenters. The third-order valence-electron chi connectivity index (χ3n) is 4.71. The minimum Gasteiger partial charge on any atom is -0.365 e. The fourth-order valence-corrected chi connectivity index (χ4v) is 5.57. The molecule has 0 saturated heterocycles. The van der Waals surface area contributed by atoms with Crippen LogP contribution in [0.25, 0.3) is 0 Å². The first-order valence-corrected chi connectivity index (χ1v) is 11.1. The van der Waals surface area contributed by atoms with E-state index in [0.29, 0.717) is 16.5 Å². The van der Waals surface area contributed by atoms with Crippen LogP contribution in [0.5, 0.6) is 0 Å². The van der Waals surface area contributed by atoms with Gasteiger partial charge in [0.2, 0.25) is 5.91 Å². The number of nitrogens with one attached hydrogen (secondary N) is 1. The Labute approximate surface area is 158 Å². The molecule has 144 valence electrons. The van der Waals surface area contributed by atoms with Crippen LogP contribution < -0.4 is 11.1 Å². The van der Waals surface area contributed by atoms with Crippen LogP contribution >= 0.6 is 11.3 Å². The van der Waals surface area contributed by atoms with Crippen molar-refractivity contribution in [1.82, 2.24) is 0 Å².